The second kappa shape index (κ2) is 5.99. The Morgan fingerprint density at radius 3 is 2.24 bits per heavy atom. The number of carbonyl (C=O) groups is 1. The van der Waals surface area contributed by atoms with Gasteiger partial charge in [0.15, 0.2) is 9.84 Å². The molecule has 0 heterocycles. The van der Waals surface area contributed by atoms with E-state index in [-0.39, 0.29) is 10.8 Å². The lowest BCUT2D eigenvalue weighted by atomic mass is 10.1. The molecule has 110 valence electrons. The van der Waals surface area contributed by atoms with Gasteiger partial charge in [-0.2, -0.15) is 0 Å². The van der Waals surface area contributed by atoms with Crippen LogP contribution in [-0.4, -0.2) is 20.6 Å². The van der Waals surface area contributed by atoms with E-state index in [4.69, 9.17) is 0 Å². The van der Waals surface area contributed by atoms with Crippen LogP contribution >= 0.6 is 15.9 Å². The fourth-order valence-corrected chi connectivity index (χ4v) is 2.73. The molecule has 1 N–H and O–H groups in total. The highest BCUT2D eigenvalue weighted by Crippen LogP contribution is 2.19. The Balaban J connectivity index is 2.18. The maximum absolute atomic E-state index is 12.1. The molecule has 2 aromatic carbocycles. The summed E-state index contributed by atoms with van der Waals surface area (Å²) in [4.78, 5) is 12.3. The topological polar surface area (TPSA) is 63.2 Å². The van der Waals surface area contributed by atoms with E-state index < -0.39 is 9.84 Å². The first-order valence-corrected chi connectivity index (χ1v) is 8.83. The van der Waals surface area contributed by atoms with Crippen LogP contribution in [-0.2, 0) is 9.84 Å². The summed E-state index contributed by atoms with van der Waals surface area (Å²) in [5.74, 6) is -0.247. The molecule has 21 heavy (non-hydrogen) atoms. The molecule has 0 bridgehead atoms. The highest BCUT2D eigenvalue weighted by molar-refractivity contribution is 9.10. The fraction of sp³-hybridized carbons (Fsp3) is 0.133. The summed E-state index contributed by atoms with van der Waals surface area (Å²) in [6.07, 6.45) is 1.14. The zero-order valence-electron chi connectivity index (χ0n) is 11.6. The Labute approximate surface area is 132 Å². The van der Waals surface area contributed by atoms with E-state index in [1.807, 2.05) is 13.0 Å². The third kappa shape index (κ3) is 3.92. The van der Waals surface area contributed by atoms with E-state index in [1.54, 1.807) is 24.3 Å². The van der Waals surface area contributed by atoms with Crippen molar-refractivity contribution in [3.63, 3.8) is 0 Å². The minimum absolute atomic E-state index is 0.221. The average molecular weight is 368 g/mol. The molecule has 0 aromatic heterocycles. The predicted molar refractivity (Wildman–Crippen MR) is 86.4 cm³/mol. The second-order valence-electron chi connectivity index (χ2n) is 4.71. The molecule has 0 atom stereocenters. The highest BCUT2D eigenvalue weighted by Gasteiger charge is 2.09. The maximum atomic E-state index is 12.1. The van der Waals surface area contributed by atoms with Crippen LogP contribution in [0.5, 0.6) is 0 Å². The molecular weight excluding hydrogens is 354 g/mol. The standard InChI is InChI=1S/C15H14BrNO3S/c1-10-3-4-11(9-14(10)16)15(18)17-12-5-7-13(8-6-12)21(2,19)20/h3-9H,1-2H3,(H,17,18). The van der Waals surface area contributed by atoms with Crippen molar-refractivity contribution < 1.29 is 13.2 Å². The molecular formula is C15H14BrNO3S. The normalized spacial score (nSPS) is 11.2. The van der Waals surface area contributed by atoms with Crippen molar-refractivity contribution in [1.82, 2.24) is 0 Å². The van der Waals surface area contributed by atoms with Crippen molar-refractivity contribution in [2.45, 2.75) is 11.8 Å². The minimum Gasteiger partial charge on any atom is -0.322 e. The Bertz CT molecular complexity index is 783. The molecule has 0 aliphatic heterocycles. The van der Waals surface area contributed by atoms with E-state index in [0.717, 1.165) is 16.3 Å². The number of benzene rings is 2. The average Bonchev–Trinajstić information content (AvgIpc) is 2.41. The van der Waals surface area contributed by atoms with Crippen molar-refractivity contribution in [3.05, 3.63) is 58.1 Å². The van der Waals surface area contributed by atoms with Gasteiger partial charge in [-0.05, 0) is 48.9 Å². The van der Waals surface area contributed by atoms with Gasteiger partial charge in [0.2, 0.25) is 0 Å². The van der Waals surface area contributed by atoms with E-state index in [9.17, 15) is 13.2 Å². The van der Waals surface area contributed by atoms with Gasteiger partial charge in [-0.3, -0.25) is 4.79 Å². The molecule has 6 heteroatoms. The molecule has 0 spiro atoms. The fourth-order valence-electron chi connectivity index (χ4n) is 1.72. The number of hydrogen-bond donors (Lipinski definition) is 1. The molecule has 0 saturated heterocycles. The maximum Gasteiger partial charge on any atom is 0.255 e. The van der Waals surface area contributed by atoms with E-state index >= 15 is 0 Å². The van der Waals surface area contributed by atoms with Crippen molar-refractivity contribution in [1.29, 1.82) is 0 Å². The first kappa shape index (κ1) is 15.7. The van der Waals surface area contributed by atoms with E-state index in [1.165, 1.54) is 12.1 Å². The number of nitrogens with one attached hydrogen (secondary N) is 1. The second-order valence-corrected chi connectivity index (χ2v) is 7.58. The lowest BCUT2D eigenvalue weighted by Gasteiger charge is -2.07. The van der Waals surface area contributed by atoms with Crippen LogP contribution in [0.25, 0.3) is 0 Å². The number of amides is 1. The number of sulfone groups is 1. The van der Waals surface area contributed by atoms with Crippen molar-refractivity contribution in [3.8, 4) is 0 Å². The third-order valence-corrected chi connectivity index (χ3v) is 4.96. The molecule has 2 aromatic rings. The van der Waals surface area contributed by atoms with Crippen LogP contribution in [0.2, 0.25) is 0 Å². The van der Waals surface area contributed by atoms with Crippen LogP contribution in [0.3, 0.4) is 0 Å². The first-order valence-electron chi connectivity index (χ1n) is 6.15. The summed E-state index contributed by atoms with van der Waals surface area (Å²) in [5.41, 5.74) is 2.12. The Hall–Kier alpha value is -1.66. The van der Waals surface area contributed by atoms with Crippen molar-refractivity contribution in [2.75, 3.05) is 11.6 Å². The molecule has 0 fully saturated rings. The number of carbonyl (C=O) groups excluding carboxylic acids is 1. The summed E-state index contributed by atoms with van der Waals surface area (Å²) >= 11 is 3.38. The Morgan fingerprint density at radius 1 is 1.10 bits per heavy atom. The molecule has 0 aliphatic carbocycles. The molecule has 0 aliphatic rings. The van der Waals surface area contributed by atoms with Gasteiger partial charge in [-0.1, -0.05) is 22.0 Å². The quantitative estimate of drug-likeness (QED) is 0.903. The van der Waals surface area contributed by atoms with Gasteiger partial charge in [0.25, 0.3) is 5.91 Å². The van der Waals surface area contributed by atoms with Gasteiger partial charge in [-0.25, -0.2) is 8.42 Å². The first-order chi connectivity index (χ1) is 9.77. The molecule has 2 rings (SSSR count). The Morgan fingerprint density at radius 2 is 1.71 bits per heavy atom. The predicted octanol–water partition coefficient (Wildman–Crippen LogP) is 3.41. The molecule has 1 amide bonds. The van der Waals surface area contributed by atoms with Crippen LogP contribution in [0.15, 0.2) is 51.8 Å². The smallest absolute Gasteiger partial charge is 0.255 e. The molecule has 0 saturated carbocycles. The summed E-state index contributed by atoms with van der Waals surface area (Å²) in [5, 5.41) is 2.73. The zero-order chi connectivity index (χ0) is 15.6. The van der Waals surface area contributed by atoms with Gasteiger partial charge in [-0.15, -0.1) is 0 Å². The monoisotopic (exact) mass is 367 g/mol. The lowest BCUT2D eigenvalue weighted by molar-refractivity contribution is 0.102. The van der Waals surface area contributed by atoms with Gasteiger partial charge in [0.05, 0.1) is 4.90 Å². The molecule has 0 radical (unpaired) electrons. The van der Waals surface area contributed by atoms with Crippen LogP contribution < -0.4 is 5.32 Å². The van der Waals surface area contributed by atoms with Crippen LogP contribution in [0.4, 0.5) is 5.69 Å². The Kier molecular flexibility index (Phi) is 4.49. The van der Waals surface area contributed by atoms with Crippen LogP contribution in [0.1, 0.15) is 15.9 Å². The largest absolute Gasteiger partial charge is 0.322 e. The number of hydrogen-bond acceptors (Lipinski definition) is 3. The van der Waals surface area contributed by atoms with Crippen molar-refractivity contribution >= 4 is 37.4 Å². The van der Waals surface area contributed by atoms with Gasteiger partial charge in [0.1, 0.15) is 0 Å². The SMILES string of the molecule is Cc1ccc(C(=O)Nc2ccc(S(C)(=O)=O)cc2)cc1Br. The summed E-state index contributed by atoms with van der Waals surface area (Å²) in [6.45, 7) is 1.94. The summed E-state index contributed by atoms with van der Waals surface area (Å²) in [7, 11) is -3.23. The molecule has 4 nitrogen and oxygen atoms in total. The highest BCUT2D eigenvalue weighted by atomic mass is 79.9. The zero-order valence-corrected chi connectivity index (χ0v) is 14.0. The van der Waals surface area contributed by atoms with E-state index in [0.29, 0.717) is 11.3 Å². The van der Waals surface area contributed by atoms with Crippen molar-refractivity contribution in [2.24, 2.45) is 0 Å². The number of halogens is 1. The number of rotatable bonds is 3. The number of anilines is 1. The summed E-state index contributed by atoms with van der Waals surface area (Å²) < 4.78 is 23.6. The lowest BCUT2D eigenvalue weighted by Crippen LogP contribution is -2.12. The third-order valence-electron chi connectivity index (χ3n) is 2.97. The van der Waals surface area contributed by atoms with Gasteiger partial charge >= 0.3 is 0 Å². The van der Waals surface area contributed by atoms with Crippen LogP contribution in [0, 0.1) is 6.92 Å². The van der Waals surface area contributed by atoms with Gasteiger partial charge < -0.3 is 5.32 Å². The summed E-state index contributed by atoms with van der Waals surface area (Å²) in [6, 6.07) is 11.4. The number of aryl methyl sites for hydroxylation is 1. The molecule has 0 unspecified atom stereocenters. The van der Waals surface area contributed by atoms with Gasteiger partial charge in [0, 0.05) is 22.0 Å². The van der Waals surface area contributed by atoms with E-state index in [2.05, 4.69) is 21.2 Å². The minimum atomic E-state index is -3.23.